The van der Waals surface area contributed by atoms with E-state index in [4.69, 9.17) is 0 Å². The van der Waals surface area contributed by atoms with E-state index < -0.39 is 0 Å². The van der Waals surface area contributed by atoms with E-state index in [-0.39, 0.29) is 11.2 Å². The molecule has 0 aromatic rings. The Morgan fingerprint density at radius 3 is 2.42 bits per heavy atom. The number of ketones is 1. The molecule has 0 aromatic carbocycles. The van der Waals surface area contributed by atoms with Crippen LogP contribution in [0, 0.1) is 5.41 Å². The monoisotopic (exact) mass is 296 g/mol. The zero-order chi connectivity index (χ0) is 14.5. The minimum Gasteiger partial charge on any atom is -0.290 e. The second kappa shape index (κ2) is 7.39. The van der Waals surface area contributed by atoms with Crippen molar-refractivity contribution in [1.82, 2.24) is 0 Å². The Morgan fingerprint density at radius 2 is 1.89 bits per heavy atom. The van der Waals surface area contributed by atoms with E-state index in [1.807, 2.05) is 18.6 Å². The minimum absolute atomic E-state index is 0.0837. The van der Waals surface area contributed by atoms with Crippen molar-refractivity contribution in [3.8, 4) is 0 Å². The average molecular weight is 297 g/mol. The molecule has 0 amide bonds. The van der Waals surface area contributed by atoms with Gasteiger partial charge in [0.25, 0.3) is 0 Å². The van der Waals surface area contributed by atoms with Gasteiger partial charge in [0.05, 0.1) is 0 Å². The highest BCUT2D eigenvalue weighted by atomic mass is 32.2. The Hall–Kier alpha value is -0.410. The fourth-order valence-electron chi connectivity index (χ4n) is 2.54. The maximum atomic E-state index is 11.9. The summed E-state index contributed by atoms with van der Waals surface area (Å²) in [5.74, 6) is 0.0837. The maximum absolute atomic E-state index is 11.9. The summed E-state index contributed by atoms with van der Waals surface area (Å²) in [6.07, 6.45) is 13.1. The van der Waals surface area contributed by atoms with Crippen LogP contribution in [0.2, 0.25) is 0 Å². The van der Waals surface area contributed by atoms with Crippen LogP contribution in [0.4, 0.5) is 0 Å². The van der Waals surface area contributed by atoms with Crippen LogP contribution in [-0.4, -0.2) is 18.3 Å². The zero-order valence-electron chi connectivity index (χ0n) is 12.6. The first-order valence-electron chi connectivity index (χ1n) is 6.62. The van der Waals surface area contributed by atoms with Crippen molar-refractivity contribution in [3.05, 3.63) is 33.6 Å². The highest BCUT2D eigenvalue weighted by Crippen LogP contribution is 2.40. The average Bonchev–Trinajstić information content (AvgIpc) is 2.34. The van der Waals surface area contributed by atoms with Gasteiger partial charge in [0.15, 0.2) is 5.78 Å². The van der Waals surface area contributed by atoms with Crippen molar-refractivity contribution in [3.63, 3.8) is 0 Å². The molecule has 0 aromatic heterocycles. The molecule has 0 bridgehead atoms. The smallest absolute Gasteiger partial charge is 0.180 e. The summed E-state index contributed by atoms with van der Waals surface area (Å²) in [5, 5.41) is 0. The van der Waals surface area contributed by atoms with Gasteiger partial charge < -0.3 is 0 Å². The molecule has 0 atom stereocenters. The highest BCUT2D eigenvalue weighted by molar-refractivity contribution is 8.21. The molecule has 0 heterocycles. The van der Waals surface area contributed by atoms with E-state index in [1.165, 1.54) is 24.0 Å². The molecule has 19 heavy (non-hydrogen) atoms. The number of hydrogen-bond donors (Lipinski definition) is 0. The Labute approximate surface area is 126 Å². The largest absolute Gasteiger partial charge is 0.290 e. The number of hydrogen-bond acceptors (Lipinski definition) is 3. The van der Waals surface area contributed by atoms with Gasteiger partial charge in [-0.3, -0.25) is 4.79 Å². The number of carbonyl (C=O) groups excluding carboxylic acids is 1. The Bertz CT molecular complexity index is 422. The van der Waals surface area contributed by atoms with E-state index in [2.05, 4.69) is 20.8 Å². The third-order valence-corrected chi connectivity index (χ3v) is 5.66. The number of carbonyl (C=O) groups is 1. The highest BCUT2D eigenvalue weighted by Gasteiger charge is 2.26. The fourth-order valence-corrected chi connectivity index (χ4v) is 3.68. The van der Waals surface area contributed by atoms with Crippen LogP contribution in [0.15, 0.2) is 33.6 Å². The standard InChI is InChI=1S/C16H24OS2/c1-12-7-6-10-16(2,3)14(12)9-8-13(17)11-15(18-4)19-5/h8-9,11H,6-7,10H2,1-5H3/b9-8+. The van der Waals surface area contributed by atoms with Gasteiger partial charge in [-0.25, -0.2) is 0 Å². The summed E-state index contributed by atoms with van der Waals surface area (Å²) in [7, 11) is 0. The maximum Gasteiger partial charge on any atom is 0.180 e. The molecular formula is C16H24OS2. The molecule has 0 N–H and O–H groups in total. The molecule has 3 heteroatoms. The van der Waals surface area contributed by atoms with Crippen molar-refractivity contribution in [1.29, 1.82) is 0 Å². The second-order valence-electron chi connectivity index (χ2n) is 5.54. The molecule has 1 rings (SSSR count). The van der Waals surface area contributed by atoms with Crippen molar-refractivity contribution >= 4 is 29.3 Å². The van der Waals surface area contributed by atoms with Crippen LogP contribution in [0.1, 0.15) is 40.0 Å². The quantitative estimate of drug-likeness (QED) is 0.649. The summed E-state index contributed by atoms with van der Waals surface area (Å²) in [5.41, 5.74) is 2.97. The lowest BCUT2D eigenvalue weighted by Crippen LogP contribution is -2.19. The van der Waals surface area contributed by atoms with Crippen LogP contribution >= 0.6 is 23.5 Å². The number of thioether (sulfide) groups is 2. The molecule has 1 aliphatic carbocycles. The van der Waals surface area contributed by atoms with Crippen LogP contribution in [0.3, 0.4) is 0 Å². The van der Waals surface area contributed by atoms with Crippen molar-refractivity contribution in [2.45, 2.75) is 40.0 Å². The molecule has 0 fully saturated rings. The molecule has 0 aliphatic heterocycles. The summed E-state index contributed by atoms with van der Waals surface area (Å²) < 4.78 is 1.06. The van der Waals surface area contributed by atoms with E-state index in [1.54, 1.807) is 35.7 Å². The minimum atomic E-state index is 0.0837. The van der Waals surface area contributed by atoms with E-state index >= 15 is 0 Å². The lowest BCUT2D eigenvalue weighted by molar-refractivity contribution is -0.110. The van der Waals surface area contributed by atoms with E-state index in [9.17, 15) is 4.79 Å². The molecule has 0 saturated heterocycles. The zero-order valence-corrected chi connectivity index (χ0v) is 14.2. The van der Waals surface area contributed by atoms with E-state index in [0.29, 0.717) is 0 Å². The molecule has 1 nitrogen and oxygen atoms in total. The normalized spacial score (nSPS) is 18.8. The number of rotatable bonds is 5. The summed E-state index contributed by atoms with van der Waals surface area (Å²) >= 11 is 3.23. The van der Waals surface area contributed by atoms with Gasteiger partial charge in [-0.2, -0.15) is 0 Å². The SMILES string of the molecule is CSC(=CC(=O)/C=C/C1=C(C)CCCC1(C)C)SC. The predicted octanol–water partition coefficient (Wildman–Crippen LogP) is 5.21. The van der Waals surface area contributed by atoms with Crippen LogP contribution in [-0.2, 0) is 4.79 Å². The summed E-state index contributed by atoms with van der Waals surface area (Å²) in [6, 6.07) is 0. The topological polar surface area (TPSA) is 17.1 Å². The van der Waals surface area contributed by atoms with Gasteiger partial charge in [-0.1, -0.05) is 25.5 Å². The first-order valence-corrected chi connectivity index (χ1v) is 9.07. The van der Waals surface area contributed by atoms with Gasteiger partial charge in [-0.15, -0.1) is 23.5 Å². The van der Waals surface area contributed by atoms with Gasteiger partial charge >= 0.3 is 0 Å². The van der Waals surface area contributed by atoms with Gasteiger partial charge in [-0.05, 0) is 55.8 Å². The van der Waals surface area contributed by atoms with E-state index in [0.717, 1.165) is 10.7 Å². The molecule has 1 aliphatic rings. The third kappa shape index (κ3) is 4.88. The Balaban J connectivity index is 2.86. The van der Waals surface area contributed by atoms with Crippen LogP contribution in [0.5, 0.6) is 0 Å². The summed E-state index contributed by atoms with van der Waals surface area (Å²) in [6.45, 7) is 6.73. The van der Waals surface area contributed by atoms with Gasteiger partial charge in [0.2, 0.25) is 0 Å². The first-order chi connectivity index (χ1) is 8.90. The van der Waals surface area contributed by atoms with Crippen molar-refractivity contribution in [2.75, 3.05) is 12.5 Å². The first kappa shape index (κ1) is 16.6. The number of allylic oxidation sites excluding steroid dienone is 5. The molecule has 106 valence electrons. The van der Waals surface area contributed by atoms with Crippen molar-refractivity contribution < 1.29 is 4.79 Å². The van der Waals surface area contributed by atoms with Crippen LogP contribution < -0.4 is 0 Å². The molecule has 0 unspecified atom stereocenters. The Kier molecular flexibility index (Phi) is 6.48. The van der Waals surface area contributed by atoms with Gasteiger partial charge in [0.1, 0.15) is 0 Å². The molecule has 0 saturated carbocycles. The molecule has 0 spiro atoms. The lowest BCUT2D eigenvalue weighted by Gasteiger charge is -2.32. The Morgan fingerprint density at radius 1 is 1.26 bits per heavy atom. The van der Waals surface area contributed by atoms with Gasteiger partial charge in [0, 0.05) is 10.3 Å². The third-order valence-electron chi connectivity index (χ3n) is 3.62. The van der Waals surface area contributed by atoms with Crippen LogP contribution in [0.25, 0.3) is 0 Å². The second-order valence-corrected chi connectivity index (χ2v) is 7.49. The molecule has 0 radical (unpaired) electrons. The predicted molar refractivity (Wildman–Crippen MR) is 89.6 cm³/mol. The lowest BCUT2D eigenvalue weighted by atomic mass is 9.72. The van der Waals surface area contributed by atoms with Crippen molar-refractivity contribution in [2.24, 2.45) is 5.41 Å². The molecular weight excluding hydrogens is 272 g/mol. The fraction of sp³-hybridized carbons (Fsp3) is 0.562. The summed E-state index contributed by atoms with van der Waals surface area (Å²) in [4.78, 5) is 11.9.